The molecule has 2 fully saturated rings. The average molecular weight is 498 g/mol. The van der Waals surface area contributed by atoms with E-state index in [-0.39, 0.29) is 36.3 Å². The van der Waals surface area contributed by atoms with Crippen molar-refractivity contribution in [2.24, 2.45) is 0 Å². The van der Waals surface area contributed by atoms with Crippen LogP contribution < -0.4 is 5.32 Å². The monoisotopic (exact) mass is 497 g/mol. The topological polar surface area (TPSA) is 83.4 Å². The molecule has 9 heteroatoms. The fourth-order valence-corrected chi connectivity index (χ4v) is 5.34. The van der Waals surface area contributed by atoms with Gasteiger partial charge in [-0.05, 0) is 48.9 Å². The van der Waals surface area contributed by atoms with E-state index in [9.17, 15) is 13.9 Å². The van der Waals surface area contributed by atoms with Gasteiger partial charge in [-0.1, -0.05) is 19.9 Å². The van der Waals surface area contributed by atoms with Gasteiger partial charge in [0.25, 0.3) is 0 Å². The smallest absolute Gasteiger partial charge is 0.223 e. The molecule has 4 atom stereocenters. The van der Waals surface area contributed by atoms with E-state index in [1.54, 1.807) is 0 Å². The summed E-state index contributed by atoms with van der Waals surface area (Å²) in [5, 5.41) is 14.3. The Bertz CT molecular complexity index is 1240. The van der Waals surface area contributed by atoms with E-state index in [2.05, 4.69) is 41.0 Å². The van der Waals surface area contributed by atoms with Gasteiger partial charge in [0.05, 0.1) is 30.5 Å². The number of aliphatic hydroxyl groups excluding tert-OH is 1. The van der Waals surface area contributed by atoms with Crippen LogP contribution in [0.15, 0.2) is 30.6 Å². The number of benzene rings is 1. The highest BCUT2D eigenvalue weighted by molar-refractivity contribution is 5.88. The van der Waals surface area contributed by atoms with Gasteiger partial charge in [0.1, 0.15) is 11.9 Å². The van der Waals surface area contributed by atoms with E-state index in [0.29, 0.717) is 31.6 Å². The molecule has 2 N–H and O–H groups in total. The van der Waals surface area contributed by atoms with Gasteiger partial charge in [-0.2, -0.15) is 0 Å². The number of alkyl halides is 1. The third-order valence-corrected chi connectivity index (χ3v) is 7.34. The van der Waals surface area contributed by atoms with Crippen LogP contribution in [0.25, 0.3) is 22.2 Å². The van der Waals surface area contributed by atoms with Crippen molar-refractivity contribution in [2.45, 2.75) is 63.9 Å². The molecule has 3 aromatic rings. The molecule has 36 heavy (non-hydrogen) atoms. The summed E-state index contributed by atoms with van der Waals surface area (Å²) in [7, 11) is 0. The third kappa shape index (κ3) is 4.92. The van der Waals surface area contributed by atoms with Gasteiger partial charge in [0.2, 0.25) is 5.95 Å². The first-order valence-electron chi connectivity index (χ1n) is 12.7. The highest BCUT2D eigenvalue weighted by atomic mass is 19.1. The largest absolute Gasteiger partial charge is 0.389 e. The van der Waals surface area contributed by atoms with Crippen LogP contribution in [0.4, 0.5) is 14.7 Å². The molecular weight excluding hydrogens is 464 g/mol. The fourth-order valence-electron chi connectivity index (χ4n) is 5.34. The lowest BCUT2D eigenvalue weighted by molar-refractivity contribution is -0.0136. The zero-order chi connectivity index (χ0) is 25.4. The maximum Gasteiger partial charge on any atom is 0.223 e. The molecule has 0 spiro atoms. The Kier molecular flexibility index (Phi) is 7.14. The number of pyridine rings is 1. The number of aliphatic hydroxyl groups is 1. The minimum atomic E-state index is -0.791. The van der Waals surface area contributed by atoms with Crippen molar-refractivity contribution in [1.29, 1.82) is 0 Å². The van der Waals surface area contributed by atoms with Crippen LogP contribution in [0.2, 0.25) is 0 Å². The maximum atomic E-state index is 14.9. The Morgan fingerprint density at radius 3 is 2.72 bits per heavy atom. The zero-order valence-corrected chi connectivity index (χ0v) is 20.9. The van der Waals surface area contributed by atoms with Crippen molar-refractivity contribution in [1.82, 2.24) is 19.9 Å². The van der Waals surface area contributed by atoms with E-state index in [1.807, 2.05) is 24.4 Å². The van der Waals surface area contributed by atoms with Crippen LogP contribution in [0.3, 0.4) is 0 Å². The number of nitrogens with one attached hydrogen (secondary N) is 1. The zero-order valence-electron chi connectivity index (χ0n) is 20.9. The Labute approximate surface area is 209 Å². The number of nitrogens with zero attached hydrogens (tertiary/aromatic N) is 4. The average Bonchev–Trinajstić information content (AvgIpc) is 3.31. The third-order valence-electron chi connectivity index (χ3n) is 7.34. The molecule has 2 aliphatic heterocycles. The lowest BCUT2D eigenvalue weighted by Gasteiger charge is -2.28. The first-order valence-corrected chi connectivity index (χ1v) is 12.7. The summed E-state index contributed by atoms with van der Waals surface area (Å²) in [6.07, 6.45) is 2.75. The molecule has 2 aromatic heterocycles. The van der Waals surface area contributed by atoms with Crippen molar-refractivity contribution >= 4 is 16.9 Å². The van der Waals surface area contributed by atoms with E-state index < -0.39 is 18.1 Å². The molecule has 0 radical (unpaired) electrons. The van der Waals surface area contributed by atoms with Crippen LogP contribution in [0, 0.1) is 5.82 Å². The lowest BCUT2D eigenvalue weighted by Crippen LogP contribution is -2.42. The van der Waals surface area contributed by atoms with Crippen molar-refractivity contribution in [3.05, 3.63) is 47.5 Å². The van der Waals surface area contributed by atoms with Gasteiger partial charge < -0.3 is 15.2 Å². The molecule has 192 valence electrons. The molecule has 0 saturated carbocycles. The second-order valence-electron chi connectivity index (χ2n) is 10.1. The Hall–Kier alpha value is -2.75. The second-order valence-corrected chi connectivity index (χ2v) is 10.1. The molecule has 1 aromatic carbocycles. The molecule has 0 bridgehead atoms. The Morgan fingerprint density at radius 2 is 2.00 bits per heavy atom. The molecule has 0 unspecified atom stereocenters. The Balaban J connectivity index is 1.53. The number of ether oxygens (including phenoxy) is 1. The van der Waals surface area contributed by atoms with Crippen molar-refractivity contribution in [3.63, 3.8) is 0 Å². The predicted octanol–water partition coefficient (Wildman–Crippen LogP) is 4.62. The standard InChI is InChI=1S/C27H33F2N5O2/c1-15(2)25-19-10-17(4-5-22(19)30-11-20(25)16(3)34-8-6-18(28)13-34)26-21(29)12-31-27(33-26)32-23-7-9-36-14-24(23)35/h4-5,10-12,15-16,18,23-24,35H,6-9,13-14H2,1-3H3,(H,31,32,33)/t16-,18-,23-,24-/m1/s1. The SMILES string of the molecule is CC(C)c1c([C@@H](C)N2CC[C@@H](F)C2)cnc2ccc(-c3nc(N[C@@H]4CCOC[C@H]4O)ncc3F)cc12. The fraction of sp³-hybridized carbons (Fsp3) is 0.519. The minimum Gasteiger partial charge on any atom is -0.389 e. The highest BCUT2D eigenvalue weighted by Gasteiger charge is 2.29. The summed E-state index contributed by atoms with van der Waals surface area (Å²) in [6, 6.07) is 5.41. The van der Waals surface area contributed by atoms with E-state index >= 15 is 0 Å². The molecule has 2 saturated heterocycles. The number of hydrogen-bond donors (Lipinski definition) is 2. The summed E-state index contributed by atoms with van der Waals surface area (Å²) in [6.45, 7) is 8.29. The van der Waals surface area contributed by atoms with Gasteiger partial charge in [-0.3, -0.25) is 9.88 Å². The van der Waals surface area contributed by atoms with E-state index in [0.717, 1.165) is 34.8 Å². The molecule has 2 aliphatic rings. The van der Waals surface area contributed by atoms with Crippen LogP contribution in [-0.2, 0) is 4.74 Å². The quantitative estimate of drug-likeness (QED) is 0.514. The van der Waals surface area contributed by atoms with Gasteiger partial charge in [-0.15, -0.1) is 0 Å². The molecular formula is C27H33F2N5O2. The van der Waals surface area contributed by atoms with Gasteiger partial charge in [0.15, 0.2) is 5.82 Å². The number of fused-ring (bicyclic) bond motifs is 1. The number of anilines is 1. The highest BCUT2D eigenvalue weighted by Crippen LogP contribution is 2.37. The van der Waals surface area contributed by atoms with Gasteiger partial charge in [-0.25, -0.2) is 18.7 Å². The number of aromatic nitrogens is 3. The van der Waals surface area contributed by atoms with Crippen molar-refractivity contribution in [3.8, 4) is 11.3 Å². The number of rotatable bonds is 6. The summed E-state index contributed by atoms with van der Waals surface area (Å²) in [5.74, 6) is -0.0756. The normalized spacial score (nSPS) is 23.9. The predicted molar refractivity (Wildman–Crippen MR) is 135 cm³/mol. The van der Waals surface area contributed by atoms with Crippen LogP contribution in [0.5, 0.6) is 0 Å². The maximum absolute atomic E-state index is 14.9. The molecule has 0 amide bonds. The van der Waals surface area contributed by atoms with Crippen LogP contribution >= 0.6 is 0 Å². The second kappa shape index (κ2) is 10.3. The van der Waals surface area contributed by atoms with Crippen molar-refractivity contribution in [2.75, 3.05) is 31.6 Å². The van der Waals surface area contributed by atoms with Crippen LogP contribution in [-0.4, -0.2) is 69.6 Å². The Morgan fingerprint density at radius 1 is 1.17 bits per heavy atom. The van der Waals surface area contributed by atoms with Crippen molar-refractivity contribution < 1.29 is 18.6 Å². The lowest BCUT2D eigenvalue weighted by atomic mass is 9.89. The first-order chi connectivity index (χ1) is 17.3. The van der Waals surface area contributed by atoms with Crippen LogP contribution in [0.1, 0.15) is 56.7 Å². The van der Waals surface area contributed by atoms with E-state index in [1.165, 1.54) is 0 Å². The number of likely N-dealkylation sites (tertiary alicyclic amines) is 1. The number of hydrogen-bond acceptors (Lipinski definition) is 7. The summed E-state index contributed by atoms with van der Waals surface area (Å²) >= 11 is 0. The first kappa shape index (κ1) is 24.9. The molecule has 0 aliphatic carbocycles. The summed E-state index contributed by atoms with van der Waals surface area (Å²) in [5.41, 5.74) is 3.83. The molecule has 7 nitrogen and oxygen atoms in total. The van der Waals surface area contributed by atoms with E-state index in [4.69, 9.17) is 9.72 Å². The summed E-state index contributed by atoms with van der Waals surface area (Å²) < 4.78 is 34.1. The van der Waals surface area contributed by atoms with Gasteiger partial charge in [0, 0.05) is 42.9 Å². The minimum absolute atomic E-state index is 0.0289. The summed E-state index contributed by atoms with van der Waals surface area (Å²) in [4.78, 5) is 15.4. The number of halogens is 2. The molecule has 4 heterocycles. The van der Waals surface area contributed by atoms with Gasteiger partial charge >= 0.3 is 0 Å². The molecule has 5 rings (SSSR count).